The van der Waals surface area contributed by atoms with Crippen LogP contribution in [0.3, 0.4) is 0 Å². The van der Waals surface area contributed by atoms with Gasteiger partial charge in [0.15, 0.2) is 0 Å². The minimum Gasteiger partial charge on any atom is -0.299 e. The molecule has 0 aromatic rings. The lowest BCUT2D eigenvalue weighted by Gasteiger charge is -2.45. The van der Waals surface area contributed by atoms with Crippen LogP contribution in [0.1, 0.15) is 52.9 Å². The molecule has 0 bridgehead atoms. The molecule has 17 heavy (non-hydrogen) atoms. The third-order valence-electron chi connectivity index (χ3n) is 5.67. The van der Waals surface area contributed by atoms with Crippen molar-refractivity contribution in [2.24, 2.45) is 29.1 Å². The summed E-state index contributed by atoms with van der Waals surface area (Å²) in [6.45, 7) is 7.24. The fourth-order valence-corrected chi connectivity index (χ4v) is 4.82. The lowest BCUT2D eigenvalue weighted by Crippen LogP contribution is -2.37. The molecule has 1 nitrogen and oxygen atoms in total. The second-order valence-corrected chi connectivity index (χ2v) is 6.55. The Labute approximate surface area is 106 Å². The molecule has 0 saturated heterocycles. The van der Waals surface area contributed by atoms with Crippen molar-refractivity contribution < 1.29 is 4.79 Å². The predicted molar refractivity (Wildman–Crippen MR) is 71.7 cm³/mol. The SMILES string of the molecule is C[C@H](/C=C/C=O)[C@H]1CCC2[C@@H](C)CCC[C@@]21C. The third-order valence-corrected chi connectivity index (χ3v) is 5.67. The molecular formula is C16H26O. The molecule has 2 aliphatic rings. The number of fused-ring (bicyclic) bond motifs is 1. The first kappa shape index (κ1) is 12.9. The summed E-state index contributed by atoms with van der Waals surface area (Å²) in [5.41, 5.74) is 0.532. The average molecular weight is 234 g/mol. The zero-order valence-corrected chi connectivity index (χ0v) is 11.5. The van der Waals surface area contributed by atoms with Gasteiger partial charge in [-0.15, -0.1) is 0 Å². The normalized spacial score (nSPS) is 43.6. The van der Waals surface area contributed by atoms with Crippen LogP contribution < -0.4 is 0 Å². The second-order valence-electron chi connectivity index (χ2n) is 6.55. The van der Waals surface area contributed by atoms with Gasteiger partial charge in [0.2, 0.25) is 0 Å². The van der Waals surface area contributed by atoms with Crippen LogP contribution in [0, 0.1) is 29.1 Å². The lowest BCUT2D eigenvalue weighted by atomic mass is 9.60. The maximum atomic E-state index is 10.5. The van der Waals surface area contributed by atoms with Crippen LogP contribution >= 0.6 is 0 Å². The summed E-state index contributed by atoms with van der Waals surface area (Å²) in [5.74, 6) is 3.17. The van der Waals surface area contributed by atoms with Gasteiger partial charge < -0.3 is 0 Å². The van der Waals surface area contributed by atoms with Crippen LogP contribution in [0.15, 0.2) is 12.2 Å². The number of carbonyl (C=O) groups excluding carboxylic acids is 1. The molecule has 2 saturated carbocycles. The van der Waals surface area contributed by atoms with Crippen LogP contribution in [0.5, 0.6) is 0 Å². The van der Waals surface area contributed by atoms with Crippen molar-refractivity contribution in [2.45, 2.75) is 52.9 Å². The van der Waals surface area contributed by atoms with Gasteiger partial charge in [0.25, 0.3) is 0 Å². The first-order chi connectivity index (χ1) is 8.09. The Morgan fingerprint density at radius 3 is 2.76 bits per heavy atom. The Balaban J connectivity index is 2.14. The fourth-order valence-electron chi connectivity index (χ4n) is 4.82. The van der Waals surface area contributed by atoms with Crippen molar-refractivity contribution in [3.05, 3.63) is 12.2 Å². The molecule has 0 spiro atoms. The summed E-state index contributed by atoms with van der Waals surface area (Å²) in [6.07, 6.45) is 11.7. The molecule has 1 unspecified atom stereocenters. The average Bonchev–Trinajstić information content (AvgIpc) is 2.64. The van der Waals surface area contributed by atoms with E-state index in [1.54, 1.807) is 6.08 Å². The highest BCUT2D eigenvalue weighted by Gasteiger charge is 2.50. The van der Waals surface area contributed by atoms with Gasteiger partial charge in [-0.05, 0) is 54.4 Å². The molecule has 2 fully saturated rings. The largest absolute Gasteiger partial charge is 0.299 e. The van der Waals surface area contributed by atoms with E-state index in [1.807, 2.05) is 0 Å². The summed E-state index contributed by atoms with van der Waals surface area (Å²) in [5, 5.41) is 0. The number of hydrogen-bond donors (Lipinski definition) is 0. The maximum Gasteiger partial charge on any atom is 0.142 e. The molecule has 0 aromatic carbocycles. The third kappa shape index (κ3) is 2.21. The van der Waals surface area contributed by atoms with Gasteiger partial charge in [0.1, 0.15) is 6.29 Å². The molecule has 5 atom stereocenters. The van der Waals surface area contributed by atoms with Gasteiger partial charge >= 0.3 is 0 Å². The summed E-state index contributed by atoms with van der Waals surface area (Å²) in [6, 6.07) is 0. The number of rotatable bonds is 3. The summed E-state index contributed by atoms with van der Waals surface area (Å²) in [4.78, 5) is 10.5. The van der Waals surface area contributed by atoms with E-state index in [0.29, 0.717) is 11.3 Å². The number of aldehydes is 1. The van der Waals surface area contributed by atoms with E-state index in [-0.39, 0.29) is 0 Å². The lowest BCUT2D eigenvalue weighted by molar-refractivity contribution is -0.104. The highest BCUT2D eigenvalue weighted by Crippen LogP contribution is 2.59. The highest BCUT2D eigenvalue weighted by molar-refractivity contribution is 5.64. The van der Waals surface area contributed by atoms with Crippen LogP contribution in [-0.2, 0) is 4.79 Å². The topological polar surface area (TPSA) is 17.1 Å². The van der Waals surface area contributed by atoms with Crippen molar-refractivity contribution in [3.8, 4) is 0 Å². The van der Waals surface area contributed by atoms with Crippen molar-refractivity contribution in [1.82, 2.24) is 0 Å². The minimum absolute atomic E-state index is 0.532. The van der Waals surface area contributed by atoms with E-state index >= 15 is 0 Å². The Kier molecular flexibility index (Phi) is 3.75. The number of hydrogen-bond acceptors (Lipinski definition) is 1. The Morgan fingerprint density at radius 1 is 1.29 bits per heavy atom. The molecule has 2 aliphatic carbocycles. The molecule has 0 radical (unpaired) electrons. The Morgan fingerprint density at radius 2 is 2.06 bits per heavy atom. The van der Waals surface area contributed by atoms with Gasteiger partial charge in [-0.25, -0.2) is 0 Å². The van der Waals surface area contributed by atoms with E-state index in [0.717, 1.165) is 24.0 Å². The van der Waals surface area contributed by atoms with Crippen molar-refractivity contribution in [3.63, 3.8) is 0 Å². The summed E-state index contributed by atoms with van der Waals surface area (Å²) < 4.78 is 0. The van der Waals surface area contributed by atoms with Crippen LogP contribution in [0.4, 0.5) is 0 Å². The molecule has 2 rings (SSSR count). The maximum absolute atomic E-state index is 10.5. The first-order valence-corrected chi connectivity index (χ1v) is 7.21. The van der Waals surface area contributed by atoms with E-state index in [2.05, 4.69) is 26.8 Å². The van der Waals surface area contributed by atoms with Crippen molar-refractivity contribution in [2.75, 3.05) is 0 Å². The number of carbonyl (C=O) groups is 1. The molecule has 1 heteroatoms. The minimum atomic E-state index is 0.532. The fraction of sp³-hybridized carbons (Fsp3) is 0.812. The predicted octanol–water partition coefficient (Wildman–Crippen LogP) is 4.23. The monoisotopic (exact) mass is 234 g/mol. The molecule has 96 valence electrons. The summed E-state index contributed by atoms with van der Waals surface area (Å²) >= 11 is 0. The molecule has 0 heterocycles. The van der Waals surface area contributed by atoms with Crippen LogP contribution in [-0.4, -0.2) is 6.29 Å². The summed E-state index contributed by atoms with van der Waals surface area (Å²) in [7, 11) is 0. The van der Waals surface area contributed by atoms with E-state index in [1.165, 1.54) is 32.1 Å². The second kappa shape index (κ2) is 4.96. The molecule has 0 amide bonds. The smallest absolute Gasteiger partial charge is 0.142 e. The highest BCUT2D eigenvalue weighted by atomic mass is 16.1. The molecule has 0 N–H and O–H groups in total. The van der Waals surface area contributed by atoms with Crippen LogP contribution in [0.2, 0.25) is 0 Å². The Bertz CT molecular complexity index is 307. The molecule has 0 aliphatic heterocycles. The van der Waals surface area contributed by atoms with Crippen molar-refractivity contribution in [1.29, 1.82) is 0 Å². The van der Waals surface area contributed by atoms with Gasteiger partial charge in [0.05, 0.1) is 0 Å². The molecular weight excluding hydrogens is 208 g/mol. The van der Waals surface area contributed by atoms with Gasteiger partial charge in [-0.1, -0.05) is 39.7 Å². The zero-order chi connectivity index (χ0) is 12.5. The van der Waals surface area contributed by atoms with Gasteiger partial charge in [-0.2, -0.15) is 0 Å². The van der Waals surface area contributed by atoms with Gasteiger partial charge in [0, 0.05) is 0 Å². The quantitative estimate of drug-likeness (QED) is 0.527. The molecule has 0 aromatic heterocycles. The van der Waals surface area contributed by atoms with Crippen LogP contribution in [0.25, 0.3) is 0 Å². The van der Waals surface area contributed by atoms with Crippen molar-refractivity contribution >= 4 is 6.29 Å². The van der Waals surface area contributed by atoms with E-state index < -0.39 is 0 Å². The Hall–Kier alpha value is -0.590. The number of allylic oxidation sites excluding steroid dienone is 2. The van der Waals surface area contributed by atoms with E-state index in [4.69, 9.17) is 0 Å². The first-order valence-electron chi connectivity index (χ1n) is 7.21. The van der Waals surface area contributed by atoms with E-state index in [9.17, 15) is 4.79 Å². The standard InChI is InChI=1S/C16H26O/c1-12-6-4-10-16(3)14(12)8-9-15(16)13(2)7-5-11-17/h5,7,11-15H,4,6,8-10H2,1-3H3/b7-5+/t12-,13+,14?,15+,16-/m0/s1. The van der Waals surface area contributed by atoms with Gasteiger partial charge in [-0.3, -0.25) is 4.79 Å². The zero-order valence-electron chi connectivity index (χ0n) is 11.5.